The Morgan fingerprint density at radius 3 is 2.67 bits per heavy atom. The van der Waals surface area contributed by atoms with Crippen molar-refractivity contribution in [3.8, 4) is 5.88 Å². The van der Waals surface area contributed by atoms with Crippen molar-refractivity contribution in [1.29, 1.82) is 0 Å². The predicted molar refractivity (Wildman–Crippen MR) is 75.8 cm³/mol. The molecule has 0 aliphatic rings. The number of carbonyl (C=O) groups excluding carboxylic acids is 1. The molecule has 7 nitrogen and oxygen atoms in total. The number of ketones is 1. The smallest absolute Gasteiger partial charge is 0.254 e. The molecule has 0 aliphatic heterocycles. The first-order valence-electron chi connectivity index (χ1n) is 6.32. The van der Waals surface area contributed by atoms with Crippen molar-refractivity contribution < 1.29 is 18.3 Å². The number of hydrogen-bond donors (Lipinski definition) is 1. The van der Waals surface area contributed by atoms with Gasteiger partial charge in [0.25, 0.3) is 10.0 Å². The van der Waals surface area contributed by atoms with Gasteiger partial charge in [0.1, 0.15) is 5.56 Å². The van der Waals surface area contributed by atoms with E-state index in [1.165, 1.54) is 12.4 Å². The normalized spacial score (nSPS) is 11.5. The predicted octanol–water partition coefficient (Wildman–Crippen LogP) is 0.975. The van der Waals surface area contributed by atoms with E-state index in [-0.39, 0.29) is 16.8 Å². The van der Waals surface area contributed by atoms with Crippen LogP contribution in [0, 0.1) is 0 Å². The maximum absolute atomic E-state index is 12.5. The maximum atomic E-state index is 12.5. The SMILES string of the molecule is CCCc1nn(S(C)(=O)=O)c(O)c1C(=O)c1cccnc1. The first-order valence-corrected chi connectivity index (χ1v) is 8.17. The van der Waals surface area contributed by atoms with E-state index in [1.54, 1.807) is 12.1 Å². The summed E-state index contributed by atoms with van der Waals surface area (Å²) in [6, 6.07) is 3.13. The third kappa shape index (κ3) is 2.94. The topological polar surface area (TPSA) is 102 Å². The first kappa shape index (κ1) is 15.2. The highest BCUT2D eigenvalue weighted by atomic mass is 32.2. The molecule has 0 aromatic carbocycles. The number of pyridine rings is 1. The summed E-state index contributed by atoms with van der Waals surface area (Å²) in [6.45, 7) is 1.87. The molecule has 1 N–H and O–H groups in total. The number of aromatic nitrogens is 3. The lowest BCUT2D eigenvalue weighted by Gasteiger charge is -2.02. The molecule has 0 fully saturated rings. The standard InChI is InChI=1S/C13H15N3O4S/c1-3-5-10-11(12(17)9-6-4-7-14-8-9)13(18)16(15-10)21(2,19)20/h4,6-8,18H,3,5H2,1-2H3. The summed E-state index contributed by atoms with van der Waals surface area (Å²) >= 11 is 0. The number of nitrogens with zero attached hydrogens (tertiary/aromatic N) is 3. The molecule has 0 amide bonds. The molecule has 21 heavy (non-hydrogen) atoms. The zero-order valence-electron chi connectivity index (χ0n) is 11.6. The zero-order valence-corrected chi connectivity index (χ0v) is 12.5. The van der Waals surface area contributed by atoms with Crippen LogP contribution >= 0.6 is 0 Å². The van der Waals surface area contributed by atoms with Gasteiger partial charge in [-0.3, -0.25) is 9.78 Å². The van der Waals surface area contributed by atoms with E-state index < -0.39 is 21.7 Å². The molecule has 2 aromatic heterocycles. The average Bonchev–Trinajstić information content (AvgIpc) is 2.76. The lowest BCUT2D eigenvalue weighted by molar-refractivity contribution is 0.103. The zero-order chi connectivity index (χ0) is 15.6. The molecule has 2 heterocycles. The largest absolute Gasteiger partial charge is 0.492 e. The summed E-state index contributed by atoms with van der Waals surface area (Å²) < 4.78 is 23.7. The number of hydrogen-bond acceptors (Lipinski definition) is 6. The lowest BCUT2D eigenvalue weighted by atomic mass is 10.0. The second-order valence-electron chi connectivity index (χ2n) is 4.57. The summed E-state index contributed by atoms with van der Waals surface area (Å²) in [5.41, 5.74) is 0.433. The molecule has 0 atom stereocenters. The Bertz CT molecular complexity index is 766. The second kappa shape index (κ2) is 5.65. The van der Waals surface area contributed by atoms with Crippen LogP contribution in [0.5, 0.6) is 5.88 Å². The van der Waals surface area contributed by atoms with Crippen molar-refractivity contribution in [2.45, 2.75) is 19.8 Å². The minimum atomic E-state index is -3.78. The van der Waals surface area contributed by atoms with E-state index in [0.29, 0.717) is 16.9 Å². The van der Waals surface area contributed by atoms with E-state index in [2.05, 4.69) is 10.1 Å². The molecular weight excluding hydrogens is 294 g/mol. The van der Waals surface area contributed by atoms with Crippen LogP contribution < -0.4 is 0 Å². The highest BCUT2D eigenvalue weighted by Crippen LogP contribution is 2.26. The molecular formula is C13H15N3O4S. The van der Waals surface area contributed by atoms with Crippen LogP contribution in [-0.4, -0.2) is 39.7 Å². The van der Waals surface area contributed by atoms with Crippen LogP contribution in [0.1, 0.15) is 35.0 Å². The third-order valence-electron chi connectivity index (χ3n) is 2.86. The fourth-order valence-corrected chi connectivity index (χ4v) is 2.60. The Hall–Kier alpha value is -2.22. The Balaban J connectivity index is 2.62. The molecule has 8 heteroatoms. The third-order valence-corrected chi connectivity index (χ3v) is 3.74. The highest BCUT2D eigenvalue weighted by molar-refractivity contribution is 7.89. The Kier molecular flexibility index (Phi) is 4.08. The summed E-state index contributed by atoms with van der Waals surface area (Å²) in [5.74, 6) is -1.16. The molecule has 0 radical (unpaired) electrons. The summed E-state index contributed by atoms with van der Waals surface area (Å²) in [4.78, 5) is 16.3. The first-order chi connectivity index (χ1) is 9.86. The minimum absolute atomic E-state index is 0.0877. The van der Waals surface area contributed by atoms with Gasteiger partial charge < -0.3 is 5.11 Å². The molecule has 0 saturated carbocycles. The Labute approximate surface area is 122 Å². The van der Waals surface area contributed by atoms with Crippen LogP contribution in [-0.2, 0) is 16.4 Å². The van der Waals surface area contributed by atoms with Gasteiger partial charge in [-0.1, -0.05) is 13.3 Å². The number of aromatic hydroxyl groups is 1. The van der Waals surface area contributed by atoms with Gasteiger partial charge in [-0.15, -0.1) is 4.09 Å². The molecule has 0 spiro atoms. The van der Waals surface area contributed by atoms with Gasteiger partial charge in [0.05, 0.1) is 11.9 Å². The van der Waals surface area contributed by atoms with Gasteiger partial charge in [-0.25, -0.2) is 8.42 Å². The molecule has 112 valence electrons. The molecule has 2 aromatic rings. The van der Waals surface area contributed by atoms with Crippen LogP contribution in [0.2, 0.25) is 0 Å². The Morgan fingerprint density at radius 1 is 1.43 bits per heavy atom. The molecule has 0 unspecified atom stereocenters. The summed E-state index contributed by atoms with van der Waals surface area (Å²) in [7, 11) is -3.78. The lowest BCUT2D eigenvalue weighted by Crippen LogP contribution is -2.11. The van der Waals surface area contributed by atoms with Crippen molar-refractivity contribution in [2.24, 2.45) is 0 Å². The number of aryl methyl sites for hydroxylation is 1. The van der Waals surface area contributed by atoms with Crippen LogP contribution in [0.3, 0.4) is 0 Å². The molecule has 0 aliphatic carbocycles. The van der Waals surface area contributed by atoms with E-state index in [9.17, 15) is 18.3 Å². The fraction of sp³-hybridized carbons (Fsp3) is 0.308. The molecule has 0 bridgehead atoms. The molecule has 2 rings (SSSR count). The van der Waals surface area contributed by atoms with Crippen LogP contribution in [0.15, 0.2) is 24.5 Å². The average molecular weight is 309 g/mol. The van der Waals surface area contributed by atoms with Gasteiger partial charge in [0, 0.05) is 18.0 Å². The highest BCUT2D eigenvalue weighted by Gasteiger charge is 2.27. The Morgan fingerprint density at radius 2 is 2.14 bits per heavy atom. The van der Waals surface area contributed by atoms with E-state index in [0.717, 1.165) is 6.26 Å². The maximum Gasteiger partial charge on any atom is 0.254 e. The van der Waals surface area contributed by atoms with Crippen molar-refractivity contribution >= 4 is 15.8 Å². The van der Waals surface area contributed by atoms with Gasteiger partial charge in [-0.05, 0) is 18.6 Å². The second-order valence-corrected chi connectivity index (χ2v) is 6.38. The quantitative estimate of drug-likeness (QED) is 0.826. The monoisotopic (exact) mass is 309 g/mol. The number of carbonyl (C=O) groups is 1. The van der Waals surface area contributed by atoms with Crippen molar-refractivity contribution in [2.75, 3.05) is 6.26 Å². The van der Waals surface area contributed by atoms with Gasteiger partial charge >= 0.3 is 0 Å². The summed E-state index contributed by atoms with van der Waals surface area (Å²) in [5, 5.41) is 13.9. The number of rotatable bonds is 5. The molecule has 0 saturated heterocycles. The van der Waals surface area contributed by atoms with E-state index >= 15 is 0 Å². The van der Waals surface area contributed by atoms with E-state index in [4.69, 9.17) is 0 Å². The van der Waals surface area contributed by atoms with Crippen molar-refractivity contribution in [3.63, 3.8) is 0 Å². The van der Waals surface area contributed by atoms with Gasteiger partial charge in [0.2, 0.25) is 11.7 Å². The van der Waals surface area contributed by atoms with E-state index in [1.807, 2.05) is 6.92 Å². The van der Waals surface area contributed by atoms with Gasteiger partial charge in [-0.2, -0.15) is 5.10 Å². The van der Waals surface area contributed by atoms with Crippen LogP contribution in [0.4, 0.5) is 0 Å². The summed E-state index contributed by atoms with van der Waals surface area (Å²) in [6.07, 6.45) is 4.83. The van der Waals surface area contributed by atoms with Crippen molar-refractivity contribution in [1.82, 2.24) is 14.2 Å². The van der Waals surface area contributed by atoms with Crippen molar-refractivity contribution in [3.05, 3.63) is 41.3 Å². The van der Waals surface area contributed by atoms with Gasteiger partial charge in [0.15, 0.2) is 0 Å². The fourth-order valence-electron chi connectivity index (χ4n) is 1.95. The minimum Gasteiger partial charge on any atom is -0.492 e. The van der Waals surface area contributed by atoms with Crippen LogP contribution in [0.25, 0.3) is 0 Å².